The summed E-state index contributed by atoms with van der Waals surface area (Å²) in [5, 5.41) is 12.3. The average Bonchev–Trinajstić information content (AvgIpc) is 3.04. The van der Waals surface area contributed by atoms with Crippen LogP contribution in [0, 0.1) is 0 Å². The summed E-state index contributed by atoms with van der Waals surface area (Å²) >= 11 is 19.5. The highest BCUT2D eigenvalue weighted by Gasteiger charge is 2.30. The minimum atomic E-state index is -1.16. The molecule has 3 saturated heterocycles. The molecular weight excluding hydrogens is 621 g/mol. The maximum Gasteiger partial charge on any atom is 0.160 e. The van der Waals surface area contributed by atoms with E-state index in [4.69, 9.17) is 59.0 Å². The summed E-state index contributed by atoms with van der Waals surface area (Å²) in [5.41, 5.74) is 0. The summed E-state index contributed by atoms with van der Waals surface area (Å²) < 4.78 is 16.5. The lowest BCUT2D eigenvalue weighted by Gasteiger charge is -2.30. The average molecular weight is 653 g/mol. The SMILES string of the molecule is OC(CC(c1nc(Cl)cc(N2CCOCC2)n1)c1nc(Cl)cc(N2CCOCC2)n1)c1nc(Cl)cc(N2CCOCC2)n1. The molecule has 0 spiro atoms. The number of hydrogen-bond acceptors (Lipinski definition) is 13. The first-order valence-corrected chi connectivity index (χ1v) is 15.4. The highest BCUT2D eigenvalue weighted by molar-refractivity contribution is 6.30. The summed E-state index contributed by atoms with van der Waals surface area (Å²) in [6.45, 7) is 7.45. The molecule has 0 aromatic carbocycles. The van der Waals surface area contributed by atoms with Crippen molar-refractivity contribution in [3.05, 3.63) is 51.1 Å². The lowest BCUT2D eigenvalue weighted by molar-refractivity contribution is 0.122. The van der Waals surface area contributed by atoms with Gasteiger partial charge < -0.3 is 34.0 Å². The van der Waals surface area contributed by atoms with Crippen LogP contribution in [-0.4, -0.2) is 114 Å². The molecule has 16 heteroatoms. The van der Waals surface area contributed by atoms with E-state index in [0.717, 1.165) is 0 Å². The van der Waals surface area contributed by atoms with Crippen LogP contribution in [0.3, 0.4) is 0 Å². The van der Waals surface area contributed by atoms with Crippen LogP contribution in [0.2, 0.25) is 15.5 Å². The van der Waals surface area contributed by atoms with E-state index in [9.17, 15) is 5.11 Å². The smallest absolute Gasteiger partial charge is 0.160 e. The maximum atomic E-state index is 11.6. The van der Waals surface area contributed by atoms with Gasteiger partial charge in [0, 0.05) is 57.5 Å². The molecule has 3 fully saturated rings. The molecule has 0 amide bonds. The zero-order chi connectivity index (χ0) is 29.8. The third-order valence-electron chi connectivity index (χ3n) is 7.48. The van der Waals surface area contributed by atoms with Gasteiger partial charge in [0.05, 0.1) is 45.6 Å². The predicted octanol–water partition coefficient (Wildman–Crippen LogP) is 2.78. The van der Waals surface area contributed by atoms with Gasteiger partial charge in [-0.25, -0.2) is 29.9 Å². The first-order valence-electron chi connectivity index (χ1n) is 14.2. The number of nitrogens with zero attached hydrogens (tertiary/aromatic N) is 9. The zero-order valence-electron chi connectivity index (χ0n) is 23.4. The molecule has 0 radical (unpaired) electrons. The van der Waals surface area contributed by atoms with E-state index in [-0.39, 0.29) is 27.7 Å². The topological polar surface area (TPSA) is 135 Å². The molecule has 43 heavy (non-hydrogen) atoms. The quantitative estimate of drug-likeness (QED) is 0.358. The number of anilines is 3. The van der Waals surface area contributed by atoms with Crippen molar-refractivity contribution in [3.63, 3.8) is 0 Å². The molecule has 230 valence electrons. The van der Waals surface area contributed by atoms with Crippen molar-refractivity contribution in [1.82, 2.24) is 29.9 Å². The van der Waals surface area contributed by atoms with Gasteiger partial charge >= 0.3 is 0 Å². The van der Waals surface area contributed by atoms with Gasteiger partial charge in [0.25, 0.3) is 0 Å². The largest absolute Gasteiger partial charge is 0.385 e. The van der Waals surface area contributed by atoms with E-state index < -0.39 is 12.0 Å². The van der Waals surface area contributed by atoms with Crippen LogP contribution < -0.4 is 14.7 Å². The van der Waals surface area contributed by atoms with Gasteiger partial charge in [0.1, 0.15) is 50.7 Å². The van der Waals surface area contributed by atoms with Gasteiger partial charge in [-0.05, 0) is 6.42 Å². The van der Waals surface area contributed by atoms with Crippen LogP contribution in [0.25, 0.3) is 0 Å². The number of aromatic nitrogens is 6. The van der Waals surface area contributed by atoms with Crippen LogP contribution in [0.4, 0.5) is 17.5 Å². The molecule has 1 N–H and O–H groups in total. The molecule has 3 aromatic rings. The summed E-state index contributed by atoms with van der Waals surface area (Å²) in [7, 11) is 0. The number of rotatable bonds is 8. The van der Waals surface area contributed by atoms with E-state index in [1.807, 2.05) is 4.90 Å². The number of morpholine rings is 3. The monoisotopic (exact) mass is 651 g/mol. The van der Waals surface area contributed by atoms with Crippen molar-refractivity contribution in [1.29, 1.82) is 0 Å². The molecule has 6 rings (SSSR count). The molecule has 0 bridgehead atoms. The Morgan fingerprint density at radius 2 is 0.884 bits per heavy atom. The normalized spacial score (nSPS) is 18.8. The molecule has 3 aliphatic rings. The van der Waals surface area contributed by atoms with Crippen molar-refractivity contribution in [2.45, 2.75) is 18.4 Å². The molecule has 3 aromatic heterocycles. The molecule has 3 aliphatic heterocycles. The minimum absolute atomic E-state index is 0.0503. The van der Waals surface area contributed by atoms with Gasteiger partial charge in [-0.3, -0.25) is 0 Å². The van der Waals surface area contributed by atoms with E-state index in [0.29, 0.717) is 108 Å². The second-order valence-electron chi connectivity index (χ2n) is 10.3. The first-order chi connectivity index (χ1) is 20.9. The van der Waals surface area contributed by atoms with Crippen LogP contribution in [-0.2, 0) is 14.2 Å². The van der Waals surface area contributed by atoms with Crippen molar-refractivity contribution in [2.75, 3.05) is 93.6 Å². The molecule has 6 heterocycles. The molecule has 1 atom stereocenters. The minimum Gasteiger partial charge on any atom is -0.385 e. The number of aliphatic hydroxyl groups is 1. The Kier molecular flexibility index (Phi) is 9.87. The Labute approximate surface area is 264 Å². The number of aliphatic hydroxyl groups excluding tert-OH is 1. The van der Waals surface area contributed by atoms with E-state index in [1.165, 1.54) is 0 Å². The summed E-state index contributed by atoms with van der Waals surface area (Å²) in [6, 6.07) is 5.12. The molecule has 0 aliphatic carbocycles. The van der Waals surface area contributed by atoms with Crippen LogP contribution in [0.15, 0.2) is 18.2 Å². The van der Waals surface area contributed by atoms with Crippen molar-refractivity contribution in [2.24, 2.45) is 0 Å². The van der Waals surface area contributed by atoms with Crippen molar-refractivity contribution < 1.29 is 19.3 Å². The number of halogens is 3. The fourth-order valence-corrected chi connectivity index (χ4v) is 5.80. The third kappa shape index (κ3) is 7.54. The van der Waals surface area contributed by atoms with Crippen LogP contribution in [0.5, 0.6) is 0 Å². The zero-order valence-corrected chi connectivity index (χ0v) is 25.7. The second kappa shape index (κ2) is 14.0. The van der Waals surface area contributed by atoms with Crippen LogP contribution >= 0.6 is 34.8 Å². The van der Waals surface area contributed by atoms with Gasteiger partial charge in [0.15, 0.2) is 5.82 Å². The summed E-state index contributed by atoms with van der Waals surface area (Å²) in [4.78, 5) is 34.1. The molecule has 0 saturated carbocycles. The van der Waals surface area contributed by atoms with Gasteiger partial charge in [-0.1, -0.05) is 34.8 Å². The Morgan fingerprint density at radius 3 is 1.26 bits per heavy atom. The predicted molar refractivity (Wildman–Crippen MR) is 162 cm³/mol. The molecule has 13 nitrogen and oxygen atoms in total. The highest BCUT2D eigenvalue weighted by atomic mass is 35.5. The Morgan fingerprint density at radius 1 is 0.558 bits per heavy atom. The van der Waals surface area contributed by atoms with Gasteiger partial charge in [-0.2, -0.15) is 0 Å². The van der Waals surface area contributed by atoms with E-state index in [1.54, 1.807) is 18.2 Å². The first kappa shape index (κ1) is 30.4. The van der Waals surface area contributed by atoms with Crippen molar-refractivity contribution in [3.8, 4) is 0 Å². The molecule has 1 unspecified atom stereocenters. The lowest BCUT2D eigenvalue weighted by Crippen LogP contribution is -2.37. The second-order valence-corrected chi connectivity index (χ2v) is 11.5. The van der Waals surface area contributed by atoms with E-state index >= 15 is 0 Å². The van der Waals surface area contributed by atoms with Crippen LogP contribution in [0.1, 0.15) is 35.9 Å². The van der Waals surface area contributed by atoms with Gasteiger partial charge in [0.2, 0.25) is 0 Å². The number of ether oxygens (including phenoxy) is 3. The summed E-state index contributed by atoms with van der Waals surface area (Å²) in [5.74, 6) is 2.09. The third-order valence-corrected chi connectivity index (χ3v) is 8.06. The van der Waals surface area contributed by atoms with Crippen molar-refractivity contribution >= 4 is 52.3 Å². The Hall–Kier alpha value is -2.65. The Balaban J connectivity index is 1.37. The fraction of sp³-hybridized carbons (Fsp3) is 0.556. The summed E-state index contributed by atoms with van der Waals surface area (Å²) in [6.07, 6.45) is -1.11. The van der Waals surface area contributed by atoms with Gasteiger partial charge in [-0.15, -0.1) is 0 Å². The lowest BCUT2D eigenvalue weighted by atomic mass is 9.98. The van der Waals surface area contributed by atoms with E-state index in [2.05, 4.69) is 29.7 Å². The highest BCUT2D eigenvalue weighted by Crippen LogP contribution is 2.34. The Bertz CT molecular complexity index is 1340. The number of hydrogen-bond donors (Lipinski definition) is 1. The standard InChI is InChI=1S/C27H32Cl3N9O4/c28-19-14-22(37-1-7-41-8-2-37)34-25(31-19)17(26-32-20(29)15-23(35-26)38-3-9-42-10-4-38)13-18(40)27-33-21(30)16-24(36-27)39-5-11-43-12-6-39/h14-18,40H,1-13H2. The maximum absolute atomic E-state index is 11.6. The molecular formula is C27H32Cl3N9O4. The fourth-order valence-electron chi connectivity index (χ4n) is 5.25.